The second-order valence-electron chi connectivity index (χ2n) is 2.23. The fraction of sp³-hybridized carbons (Fsp3) is 0.500. The summed E-state index contributed by atoms with van der Waals surface area (Å²) in [5.74, 6) is 0. The molecule has 1 aliphatic heterocycles. The van der Waals surface area contributed by atoms with Gasteiger partial charge in [-0.2, -0.15) is 0 Å². The third kappa shape index (κ3) is 2.02. The molecule has 0 spiro atoms. The van der Waals surface area contributed by atoms with Crippen molar-refractivity contribution >= 4 is 0 Å². The molecule has 0 amide bonds. The van der Waals surface area contributed by atoms with Crippen LogP contribution in [-0.4, -0.2) is 13.1 Å². The normalized spacial score (nSPS) is 18.9. The predicted molar refractivity (Wildman–Crippen MR) is 39.4 cm³/mol. The lowest BCUT2D eigenvalue weighted by Gasteiger charge is -2.09. The first-order valence-electron chi connectivity index (χ1n) is 3.35. The van der Waals surface area contributed by atoms with E-state index in [9.17, 15) is 0 Å². The van der Waals surface area contributed by atoms with Gasteiger partial charge in [0.05, 0.1) is 0 Å². The van der Waals surface area contributed by atoms with Crippen molar-refractivity contribution in [2.75, 3.05) is 13.1 Å². The van der Waals surface area contributed by atoms with Crippen molar-refractivity contribution in [3.05, 3.63) is 24.3 Å². The summed E-state index contributed by atoms with van der Waals surface area (Å²) in [7, 11) is 0. The maximum Gasteiger partial charge on any atom is 0.0317 e. The van der Waals surface area contributed by atoms with Crippen LogP contribution in [0.25, 0.3) is 0 Å². The Morgan fingerprint density at radius 3 is 3.22 bits per heavy atom. The van der Waals surface area contributed by atoms with Crippen LogP contribution in [0.15, 0.2) is 24.3 Å². The number of nitrogens with zero attached hydrogens (tertiary/aromatic N) is 1. The third-order valence-corrected chi connectivity index (χ3v) is 1.51. The molecule has 0 unspecified atom stereocenters. The van der Waals surface area contributed by atoms with Crippen LogP contribution in [0, 0.1) is 0 Å². The van der Waals surface area contributed by atoms with Gasteiger partial charge in [0.25, 0.3) is 0 Å². The molecular formula is C8H12N. The van der Waals surface area contributed by atoms with Gasteiger partial charge >= 0.3 is 0 Å². The van der Waals surface area contributed by atoms with Crippen LogP contribution in [0.1, 0.15) is 12.8 Å². The topological polar surface area (TPSA) is 14.1 Å². The molecule has 1 radical (unpaired) electrons. The summed E-state index contributed by atoms with van der Waals surface area (Å²) in [5.41, 5.74) is 1.50. The first kappa shape index (κ1) is 6.56. The maximum atomic E-state index is 4.20. The molecule has 0 aromatic heterocycles. The van der Waals surface area contributed by atoms with E-state index in [1.165, 1.54) is 5.57 Å². The molecule has 1 heterocycles. The molecule has 0 fully saturated rings. The molecular weight excluding hydrogens is 110 g/mol. The van der Waals surface area contributed by atoms with Crippen LogP contribution in [0.5, 0.6) is 0 Å². The van der Waals surface area contributed by atoms with Crippen molar-refractivity contribution in [3.63, 3.8) is 0 Å². The molecule has 9 heavy (non-hydrogen) atoms. The Labute approximate surface area is 56.5 Å². The van der Waals surface area contributed by atoms with E-state index in [4.69, 9.17) is 0 Å². The molecule has 0 aliphatic carbocycles. The monoisotopic (exact) mass is 122 g/mol. The van der Waals surface area contributed by atoms with Crippen LogP contribution in [0.2, 0.25) is 0 Å². The summed E-state index contributed by atoms with van der Waals surface area (Å²) in [4.78, 5) is 0. The molecule has 49 valence electrons. The lowest BCUT2D eigenvalue weighted by Crippen LogP contribution is -2.12. The highest BCUT2D eigenvalue weighted by molar-refractivity contribution is 5.09. The quantitative estimate of drug-likeness (QED) is 0.493. The van der Waals surface area contributed by atoms with E-state index in [-0.39, 0.29) is 0 Å². The van der Waals surface area contributed by atoms with Gasteiger partial charge in [0.1, 0.15) is 0 Å². The van der Waals surface area contributed by atoms with Gasteiger partial charge in [0, 0.05) is 13.1 Å². The number of hydrogen-bond donors (Lipinski definition) is 0. The summed E-state index contributed by atoms with van der Waals surface area (Å²) in [6.45, 7) is 5.62. The van der Waals surface area contributed by atoms with Gasteiger partial charge in [0.15, 0.2) is 0 Å². The fourth-order valence-electron chi connectivity index (χ4n) is 0.980. The average Bonchev–Trinajstić information content (AvgIpc) is 1.91. The van der Waals surface area contributed by atoms with Gasteiger partial charge in [-0.15, -0.1) is 6.58 Å². The van der Waals surface area contributed by atoms with E-state index >= 15 is 0 Å². The van der Waals surface area contributed by atoms with E-state index in [1.807, 2.05) is 6.08 Å². The first-order chi connectivity index (χ1) is 4.43. The first-order valence-corrected chi connectivity index (χ1v) is 3.35. The highest BCUT2D eigenvalue weighted by Crippen LogP contribution is 2.09. The lowest BCUT2D eigenvalue weighted by atomic mass is 10.1. The van der Waals surface area contributed by atoms with Crippen LogP contribution in [-0.2, 0) is 0 Å². The predicted octanol–water partition coefficient (Wildman–Crippen LogP) is 1.50. The average molecular weight is 122 g/mol. The second-order valence-corrected chi connectivity index (χ2v) is 2.23. The third-order valence-electron chi connectivity index (χ3n) is 1.51. The zero-order valence-electron chi connectivity index (χ0n) is 5.64. The van der Waals surface area contributed by atoms with E-state index in [1.54, 1.807) is 0 Å². The summed E-state index contributed by atoms with van der Waals surface area (Å²) in [5, 5.41) is 4.20. The Kier molecular flexibility index (Phi) is 2.52. The van der Waals surface area contributed by atoms with E-state index in [2.05, 4.69) is 18.0 Å². The zero-order chi connectivity index (χ0) is 6.53. The van der Waals surface area contributed by atoms with E-state index < -0.39 is 0 Å². The van der Waals surface area contributed by atoms with Gasteiger partial charge in [-0.05, 0) is 12.8 Å². The van der Waals surface area contributed by atoms with Crippen LogP contribution >= 0.6 is 0 Å². The second kappa shape index (κ2) is 3.46. The van der Waals surface area contributed by atoms with Crippen LogP contribution in [0.3, 0.4) is 0 Å². The molecule has 0 aromatic carbocycles. The van der Waals surface area contributed by atoms with Crippen molar-refractivity contribution in [2.24, 2.45) is 0 Å². The minimum Gasteiger partial charge on any atom is -0.237 e. The number of hydrogen-bond acceptors (Lipinski definition) is 0. The van der Waals surface area contributed by atoms with Crippen molar-refractivity contribution in [3.8, 4) is 0 Å². The molecule has 1 aliphatic rings. The van der Waals surface area contributed by atoms with Gasteiger partial charge in [-0.3, -0.25) is 0 Å². The van der Waals surface area contributed by atoms with E-state index in [0.29, 0.717) is 0 Å². The Balaban J connectivity index is 2.36. The van der Waals surface area contributed by atoms with Gasteiger partial charge in [0.2, 0.25) is 0 Å². The molecule has 1 rings (SSSR count). The molecule has 1 heteroatoms. The summed E-state index contributed by atoms with van der Waals surface area (Å²) < 4.78 is 0. The molecule has 0 aromatic rings. The highest BCUT2D eigenvalue weighted by atomic mass is 14.8. The Hall–Kier alpha value is -0.560. The zero-order valence-corrected chi connectivity index (χ0v) is 5.64. The van der Waals surface area contributed by atoms with Crippen molar-refractivity contribution < 1.29 is 0 Å². The van der Waals surface area contributed by atoms with E-state index in [0.717, 1.165) is 25.9 Å². The Morgan fingerprint density at radius 1 is 1.78 bits per heavy atom. The summed E-state index contributed by atoms with van der Waals surface area (Å²) in [6, 6.07) is 0. The number of allylic oxidation sites excluding steroid dienone is 1. The minimum absolute atomic E-state index is 0.920. The SMILES string of the molecule is C=CCC1=CC[N]CC1. The number of rotatable bonds is 2. The minimum atomic E-state index is 0.920. The van der Waals surface area contributed by atoms with Crippen molar-refractivity contribution in [1.82, 2.24) is 5.32 Å². The largest absolute Gasteiger partial charge is 0.237 e. The highest BCUT2D eigenvalue weighted by Gasteiger charge is 1.99. The van der Waals surface area contributed by atoms with Crippen LogP contribution in [0.4, 0.5) is 0 Å². The summed E-state index contributed by atoms with van der Waals surface area (Å²) >= 11 is 0. The summed E-state index contributed by atoms with van der Waals surface area (Å²) in [6.07, 6.45) is 6.35. The van der Waals surface area contributed by atoms with Gasteiger partial charge in [-0.1, -0.05) is 17.7 Å². The van der Waals surface area contributed by atoms with Crippen LogP contribution < -0.4 is 5.32 Å². The molecule has 0 bridgehead atoms. The Morgan fingerprint density at radius 2 is 2.67 bits per heavy atom. The molecule has 0 atom stereocenters. The van der Waals surface area contributed by atoms with Gasteiger partial charge < -0.3 is 0 Å². The lowest BCUT2D eigenvalue weighted by molar-refractivity contribution is 0.681. The standard InChI is InChI=1S/C8H12N/c1-2-3-8-4-6-9-7-5-8/h2,4H,1,3,5-7H2. The smallest absolute Gasteiger partial charge is 0.0317 e. The maximum absolute atomic E-state index is 4.20. The molecule has 0 saturated carbocycles. The van der Waals surface area contributed by atoms with Crippen molar-refractivity contribution in [1.29, 1.82) is 0 Å². The Bertz CT molecular complexity index is 125. The molecule has 0 N–H and O–H groups in total. The molecule has 1 nitrogen and oxygen atoms in total. The fourth-order valence-corrected chi connectivity index (χ4v) is 0.980. The molecule has 0 saturated heterocycles. The van der Waals surface area contributed by atoms with Crippen molar-refractivity contribution in [2.45, 2.75) is 12.8 Å². The van der Waals surface area contributed by atoms with Gasteiger partial charge in [-0.25, -0.2) is 5.32 Å².